The molecule has 2 heteroatoms. The smallest absolute Gasteiger partial charge is 0.0175 e. The number of halogens is 2. The number of rotatable bonds is 6. The lowest BCUT2D eigenvalue weighted by Crippen LogP contribution is -2.07. The zero-order valence-electron chi connectivity index (χ0n) is 10.0. The van der Waals surface area contributed by atoms with E-state index >= 15 is 0 Å². The predicted octanol–water partition coefficient (Wildman–Crippen LogP) is 5.44. The third-order valence-electron chi connectivity index (χ3n) is 2.81. The third kappa shape index (κ3) is 5.49. The van der Waals surface area contributed by atoms with Crippen molar-refractivity contribution in [2.75, 3.05) is 5.33 Å². The van der Waals surface area contributed by atoms with Crippen LogP contribution in [0.4, 0.5) is 0 Å². The van der Waals surface area contributed by atoms with Crippen LogP contribution in [0.2, 0.25) is 0 Å². The molecule has 0 saturated carbocycles. The molecule has 0 saturated heterocycles. The molecule has 0 amide bonds. The van der Waals surface area contributed by atoms with E-state index in [1.807, 2.05) is 0 Å². The van der Waals surface area contributed by atoms with Crippen LogP contribution in [0.3, 0.4) is 0 Å². The number of hydrogen-bond donors (Lipinski definition) is 0. The molecule has 0 bridgehead atoms. The van der Waals surface area contributed by atoms with Crippen molar-refractivity contribution in [3.63, 3.8) is 0 Å². The maximum atomic E-state index is 3.63. The van der Waals surface area contributed by atoms with Crippen LogP contribution in [0.5, 0.6) is 0 Å². The molecule has 0 radical (unpaired) electrons. The Balaban J connectivity index is 2.46. The molecular formula is C14H20Br2. The van der Waals surface area contributed by atoms with Crippen molar-refractivity contribution in [2.24, 2.45) is 11.8 Å². The van der Waals surface area contributed by atoms with Gasteiger partial charge >= 0.3 is 0 Å². The highest BCUT2D eigenvalue weighted by atomic mass is 79.9. The van der Waals surface area contributed by atoms with Gasteiger partial charge in [-0.25, -0.2) is 0 Å². The molecule has 1 unspecified atom stereocenters. The fraction of sp³-hybridized carbons (Fsp3) is 0.571. The van der Waals surface area contributed by atoms with Crippen molar-refractivity contribution >= 4 is 31.9 Å². The van der Waals surface area contributed by atoms with Crippen molar-refractivity contribution in [1.82, 2.24) is 0 Å². The van der Waals surface area contributed by atoms with E-state index in [2.05, 4.69) is 70.0 Å². The van der Waals surface area contributed by atoms with E-state index in [9.17, 15) is 0 Å². The Hall–Kier alpha value is 0.180. The Labute approximate surface area is 116 Å². The van der Waals surface area contributed by atoms with Gasteiger partial charge in [-0.1, -0.05) is 64.3 Å². The maximum absolute atomic E-state index is 3.63. The summed E-state index contributed by atoms with van der Waals surface area (Å²) in [6.07, 6.45) is 3.83. The van der Waals surface area contributed by atoms with Gasteiger partial charge in [-0.15, -0.1) is 0 Å². The molecule has 1 rings (SSSR count). The zero-order valence-corrected chi connectivity index (χ0v) is 13.2. The average molecular weight is 348 g/mol. The quantitative estimate of drug-likeness (QED) is 0.601. The van der Waals surface area contributed by atoms with Gasteiger partial charge in [0.05, 0.1) is 0 Å². The van der Waals surface area contributed by atoms with Gasteiger partial charge in [0.2, 0.25) is 0 Å². The SMILES string of the molecule is CC(C)CCC(CBr)Cc1ccc(Br)cc1. The second-order valence-electron chi connectivity index (χ2n) is 4.82. The van der Waals surface area contributed by atoms with E-state index < -0.39 is 0 Å². The molecule has 16 heavy (non-hydrogen) atoms. The Bertz CT molecular complexity index is 290. The summed E-state index contributed by atoms with van der Waals surface area (Å²) in [4.78, 5) is 0. The summed E-state index contributed by atoms with van der Waals surface area (Å²) in [5.41, 5.74) is 1.44. The van der Waals surface area contributed by atoms with Gasteiger partial charge in [0.25, 0.3) is 0 Å². The standard InChI is InChI=1S/C14H20Br2/c1-11(2)3-4-13(10-15)9-12-5-7-14(16)8-6-12/h5-8,11,13H,3-4,9-10H2,1-2H3. The summed E-state index contributed by atoms with van der Waals surface area (Å²) in [6, 6.07) is 8.69. The predicted molar refractivity (Wildman–Crippen MR) is 79.2 cm³/mol. The van der Waals surface area contributed by atoms with E-state index in [4.69, 9.17) is 0 Å². The molecule has 1 aromatic carbocycles. The molecule has 1 aromatic rings. The van der Waals surface area contributed by atoms with Crippen molar-refractivity contribution < 1.29 is 0 Å². The minimum atomic E-state index is 0.767. The highest BCUT2D eigenvalue weighted by Crippen LogP contribution is 2.20. The summed E-state index contributed by atoms with van der Waals surface area (Å²) >= 11 is 7.10. The first-order chi connectivity index (χ1) is 7.61. The molecule has 0 aliphatic rings. The lowest BCUT2D eigenvalue weighted by atomic mass is 9.93. The van der Waals surface area contributed by atoms with Gasteiger partial charge in [0.1, 0.15) is 0 Å². The van der Waals surface area contributed by atoms with Crippen LogP contribution in [0.1, 0.15) is 32.3 Å². The first-order valence-electron chi connectivity index (χ1n) is 5.92. The summed E-state index contributed by atoms with van der Waals surface area (Å²) in [7, 11) is 0. The van der Waals surface area contributed by atoms with Crippen molar-refractivity contribution in [3.8, 4) is 0 Å². The first-order valence-corrected chi connectivity index (χ1v) is 7.83. The molecule has 0 nitrogen and oxygen atoms in total. The van der Waals surface area contributed by atoms with Gasteiger partial charge in [0, 0.05) is 9.80 Å². The minimum absolute atomic E-state index is 0.767. The van der Waals surface area contributed by atoms with Crippen LogP contribution in [0, 0.1) is 11.8 Å². The van der Waals surface area contributed by atoms with Gasteiger partial charge in [-0.2, -0.15) is 0 Å². The zero-order chi connectivity index (χ0) is 12.0. The van der Waals surface area contributed by atoms with Crippen LogP contribution in [-0.2, 0) is 6.42 Å². The normalized spacial score (nSPS) is 13.1. The topological polar surface area (TPSA) is 0 Å². The fourth-order valence-electron chi connectivity index (χ4n) is 1.76. The van der Waals surface area contributed by atoms with Crippen molar-refractivity contribution in [3.05, 3.63) is 34.3 Å². The molecule has 0 aliphatic carbocycles. The van der Waals surface area contributed by atoms with Crippen LogP contribution >= 0.6 is 31.9 Å². The Morgan fingerprint density at radius 3 is 2.19 bits per heavy atom. The molecule has 1 atom stereocenters. The average Bonchev–Trinajstić information content (AvgIpc) is 2.26. The molecule has 0 heterocycles. The molecular weight excluding hydrogens is 328 g/mol. The molecule has 0 spiro atoms. The van der Waals surface area contributed by atoms with Gasteiger partial charge in [-0.3, -0.25) is 0 Å². The fourth-order valence-corrected chi connectivity index (χ4v) is 2.57. The van der Waals surface area contributed by atoms with Crippen LogP contribution in [0.25, 0.3) is 0 Å². The largest absolute Gasteiger partial charge is 0.0925 e. The monoisotopic (exact) mass is 346 g/mol. The van der Waals surface area contributed by atoms with E-state index in [0.717, 1.165) is 21.6 Å². The summed E-state index contributed by atoms with van der Waals surface area (Å²) in [6.45, 7) is 4.59. The number of benzene rings is 1. The van der Waals surface area contributed by atoms with Crippen molar-refractivity contribution in [1.29, 1.82) is 0 Å². The molecule has 0 aliphatic heterocycles. The summed E-state index contributed by atoms with van der Waals surface area (Å²) in [5.74, 6) is 1.58. The highest BCUT2D eigenvalue weighted by Gasteiger charge is 2.09. The van der Waals surface area contributed by atoms with Crippen LogP contribution in [-0.4, -0.2) is 5.33 Å². The molecule has 0 aromatic heterocycles. The van der Waals surface area contributed by atoms with Crippen molar-refractivity contribution in [2.45, 2.75) is 33.1 Å². The molecule has 90 valence electrons. The molecule has 0 N–H and O–H groups in total. The third-order valence-corrected chi connectivity index (χ3v) is 4.25. The Morgan fingerprint density at radius 1 is 1.06 bits per heavy atom. The lowest BCUT2D eigenvalue weighted by molar-refractivity contribution is 0.455. The van der Waals surface area contributed by atoms with Crippen LogP contribution in [0.15, 0.2) is 28.7 Å². The Kier molecular flexibility index (Phi) is 6.67. The Morgan fingerprint density at radius 2 is 1.69 bits per heavy atom. The number of hydrogen-bond acceptors (Lipinski definition) is 0. The van der Waals surface area contributed by atoms with E-state index in [1.54, 1.807) is 0 Å². The lowest BCUT2D eigenvalue weighted by Gasteiger charge is -2.15. The van der Waals surface area contributed by atoms with E-state index in [1.165, 1.54) is 24.8 Å². The highest BCUT2D eigenvalue weighted by molar-refractivity contribution is 9.10. The van der Waals surface area contributed by atoms with Gasteiger partial charge < -0.3 is 0 Å². The van der Waals surface area contributed by atoms with E-state index in [-0.39, 0.29) is 0 Å². The second-order valence-corrected chi connectivity index (χ2v) is 6.39. The van der Waals surface area contributed by atoms with E-state index in [0.29, 0.717) is 0 Å². The first kappa shape index (κ1) is 14.2. The van der Waals surface area contributed by atoms with Gasteiger partial charge in [0.15, 0.2) is 0 Å². The second kappa shape index (κ2) is 7.50. The number of alkyl halides is 1. The minimum Gasteiger partial charge on any atom is -0.0925 e. The maximum Gasteiger partial charge on any atom is 0.0175 e. The summed E-state index contributed by atoms with van der Waals surface area (Å²) < 4.78 is 1.16. The molecule has 0 fully saturated rings. The van der Waals surface area contributed by atoms with Gasteiger partial charge in [-0.05, 0) is 42.4 Å². The summed E-state index contributed by atoms with van der Waals surface area (Å²) in [5, 5.41) is 1.11. The van der Waals surface area contributed by atoms with Crippen LogP contribution < -0.4 is 0 Å².